The maximum absolute atomic E-state index is 11.0. The molecule has 0 N–H and O–H groups in total. The Balaban J connectivity index is 2.93. The lowest BCUT2D eigenvalue weighted by atomic mass is 10.1. The molecular weight excluding hydrogens is 176 g/mol. The van der Waals surface area contributed by atoms with Crippen LogP contribution in [-0.4, -0.2) is 13.1 Å². The molecule has 1 aromatic rings. The van der Waals surface area contributed by atoms with E-state index in [2.05, 4.69) is 4.74 Å². The summed E-state index contributed by atoms with van der Waals surface area (Å²) in [6.45, 7) is 0. The van der Waals surface area contributed by atoms with Gasteiger partial charge in [0.25, 0.3) is 0 Å². The molecule has 0 saturated heterocycles. The maximum atomic E-state index is 11.0. The van der Waals surface area contributed by atoms with Crippen molar-refractivity contribution in [2.75, 3.05) is 7.11 Å². The Bertz CT molecular complexity index is 284. The molecule has 3 heteroatoms. The van der Waals surface area contributed by atoms with Crippen LogP contribution < -0.4 is 0 Å². The van der Waals surface area contributed by atoms with E-state index in [4.69, 9.17) is 11.6 Å². The third-order valence-corrected chi connectivity index (χ3v) is 1.81. The maximum Gasteiger partial charge on any atom is 0.337 e. The highest BCUT2D eigenvalue weighted by Crippen LogP contribution is 2.08. The van der Waals surface area contributed by atoms with Crippen molar-refractivity contribution in [3.8, 4) is 0 Å². The average molecular weight is 185 g/mol. The number of carbonyl (C=O) groups excluding carboxylic acids is 1. The van der Waals surface area contributed by atoms with Crippen LogP contribution in [-0.2, 0) is 10.6 Å². The van der Waals surface area contributed by atoms with E-state index in [9.17, 15) is 4.79 Å². The number of halogens is 1. The fourth-order valence-electron chi connectivity index (χ4n) is 0.899. The quantitative estimate of drug-likeness (QED) is 0.521. The molecule has 0 atom stereocenters. The minimum atomic E-state index is -0.332. The minimum absolute atomic E-state index is 0.332. The summed E-state index contributed by atoms with van der Waals surface area (Å²) in [4.78, 5) is 11.0. The van der Waals surface area contributed by atoms with Gasteiger partial charge in [0.1, 0.15) is 0 Å². The number of benzene rings is 1. The first-order chi connectivity index (χ1) is 5.77. The summed E-state index contributed by atoms with van der Waals surface area (Å²) < 4.78 is 4.55. The Morgan fingerprint density at radius 3 is 2.92 bits per heavy atom. The first-order valence-electron chi connectivity index (χ1n) is 3.51. The zero-order valence-corrected chi connectivity index (χ0v) is 7.47. The molecule has 0 amide bonds. The van der Waals surface area contributed by atoms with Gasteiger partial charge in [-0.15, -0.1) is 11.6 Å². The highest BCUT2D eigenvalue weighted by atomic mass is 35.5. The highest BCUT2D eigenvalue weighted by Gasteiger charge is 2.04. The van der Waals surface area contributed by atoms with Crippen LogP contribution in [0.5, 0.6) is 0 Å². The molecular formula is C9H9ClO2. The standard InChI is InChI=1S/C9H9ClO2/c1-12-9(11)8-4-2-3-7(5-8)6-10/h2-5H,6H2,1H3. The Kier molecular flexibility index (Phi) is 3.11. The molecule has 1 aromatic carbocycles. The van der Waals surface area contributed by atoms with Crippen LogP contribution in [0.4, 0.5) is 0 Å². The highest BCUT2D eigenvalue weighted by molar-refractivity contribution is 6.17. The van der Waals surface area contributed by atoms with Crippen molar-refractivity contribution in [3.63, 3.8) is 0 Å². The van der Waals surface area contributed by atoms with Crippen molar-refractivity contribution in [2.24, 2.45) is 0 Å². The number of ether oxygens (including phenoxy) is 1. The molecule has 0 radical (unpaired) electrons. The van der Waals surface area contributed by atoms with Gasteiger partial charge in [-0.25, -0.2) is 4.79 Å². The summed E-state index contributed by atoms with van der Waals surface area (Å²) in [7, 11) is 1.36. The molecule has 0 spiro atoms. The predicted octanol–water partition coefficient (Wildman–Crippen LogP) is 2.21. The van der Waals surface area contributed by atoms with Gasteiger partial charge in [0, 0.05) is 5.88 Å². The lowest BCUT2D eigenvalue weighted by molar-refractivity contribution is 0.0600. The summed E-state index contributed by atoms with van der Waals surface area (Å²) >= 11 is 5.59. The lowest BCUT2D eigenvalue weighted by Crippen LogP contribution is -2.00. The third kappa shape index (κ3) is 1.98. The van der Waals surface area contributed by atoms with E-state index in [1.807, 2.05) is 6.07 Å². The number of methoxy groups -OCH3 is 1. The fourth-order valence-corrected chi connectivity index (χ4v) is 1.07. The average Bonchev–Trinajstić information content (AvgIpc) is 2.17. The third-order valence-electron chi connectivity index (χ3n) is 1.50. The SMILES string of the molecule is COC(=O)c1cccc(CCl)c1. The van der Waals surface area contributed by atoms with E-state index in [0.717, 1.165) is 5.56 Å². The van der Waals surface area contributed by atoms with E-state index in [0.29, 0.717) is 11.4 Å². The molecule has 0 aromatic heterocycles. The van der Waals surface area contributed by atoms with Gasteiger partial charge in [0.05, 0.1) is 12.7 Å². The number of carbonyl (C=O) groups is 1. The van der Waals surface area contributed by atoms with Gasteiger partial charge in [0.2, 0.25) is 0 Å². The van der Waals surface area contributed by atoms with Crippen molar-refractivity contribution < 1.29 is 9.53 Å². The second-order valence-electron chi connectivity index (χ2n) is 2.33. The van der Waals surface area contributed by atoms with Crippen molar-refractivity contribution in [1.29, 1.82) is 0 Å². The van der Waals surface area contributed by atoms with Crippen molar-refractivity contribution in [1.82, 2.24) is 0 Å². The number of rotatable bonds is 2. The van der Waals surface area contributed by atoms with Crippen LogP contribution in [0.1, 0.15) is 15.9 Å². The Labute approximate surface area is 76.1 Å². The van der Waals surface area contributed by atoms with Gasteiger partial charge >= 0.3 is 5.97 Å². The van der Waals surface area contributed by atoms with Gasteiger partial charge in [-0.2, -0.15) is 0 Å². The zero-order valence-electron chi connectivity index (χ0n) is 6.71. The summed E-state index contributed by atoms with van der Waals surface area (Å²) in [5.74, 6) is 0.0761. The predicted molar refractivity (Wildman–Crippen MR) is 47.3 cm³/mol. The molecule has 0 bridgehead atoms. The summed E-state index contributed by atoms with van der Waals surface area (Å²) in [6.07, 6.45) is 0. The monoisotopic (exact) mass is 184 g/mol. The first kappa shape index (κ1) is 9.07. The molecule has 0 fully saturated rings. The normalized spacial score (nSPS) is 9.50. The van der Waals surface area contributed by atoms with Crippen molar-refractivity contribution in [2.45, 2.75) is 5.88 Å². The lowest BCUT2D eigenvalue weighted by Gasteiger charge is -1.99. The van der Waals surface area contributed by atoms with Crippen molar-refractivity contribution in [3.05, 3.63) is 35.4 Å². The molecule has 1 rings (SSSR count). The van der Waals surface area contributed by atoms with Gasteiger partial charge in [-0.1, -0.05) is 12.1 Å². The first-order valence-corrected chi connectivity index (χ1v) is 4.04. The van der Waals surface area contributed by atoms with Gasteiger partial charge < -0.3 is 4.74 Å². The van der Waals surface area contributed by atoms with E-state index in [1.165, 1.54) is 7.11 Å². The number of esters is 1. The molecule has 0 aliphatic carbocycles. The molecule has 0 saturated carbocycles. The van der Waals surface area contributed by atoms with Gasteiger partial charge in [-0.05, 0) is 17.7 Å². The molecule has 0 aliphatic rings. The molecule has 0 aliphatic heterocycles. The van der Waals surface area contributed by atoms with Gasteiger partial charge in [0.15, 0.2) is 0 Å². The van der Waals surface area contributed by atoms with E-state index >= 15 is 0 Å². The Morgan fingerprint density at radius 2 is 2.33 bits per heavy atom. The molecule has 0 unspecified atom stereocenters. The van der Waals surface area contributed by atoms with Crippen LogP contribution in [0.3, 0.4) is 0 Å². The molecule has 2 nitrogen and oxygen atoms in total. The second kappa shape index (κ2) is 4.12. The second-order valence-corrected chi connectivity index (χ2v) is 2.59. The zero-order chi connectivity index (χ0) is 8.97. The van der Waals surface area contributed by atoms with Gasteiger partial charge in [-0.3, -0.25) is 0 Å². The summed E-state index contributed by atoms with van der Waals surface area (Å²) in [5.41, 5.74) is 1.45. The van der Waals surface area contributed by atoms with Crippen LogP contribution in [0.25, 0.3) is 0 Å². The van der Waals surface area contributed by atoms with Crippen LogP contribution in [0.15, 0.2) is 24.3 Å². The van der Waals surface area contributed by atoms with Crippen LogP contribution in [0.2, 0.25) is 0 Å². The topological polar surface area (TPSA) is 26.3 Å². The Hall–Kier alpha value is -1.02. The van der Waals surface area contributed by atoms with Crippen LogP contribution >= 0.6 is 11.6 Å². The number of hydrogen-bond donors (Lipinski definition) is 0. The van der Waals surface area contributed by atoms with E-state index in [1.54, 1.807) is 18.2 Å². The molecule has 12 heavy (non-hydrogen) atoms. The fraction of sp³-hybridized carbons (Fsp3) is 0.222. The number of hydrogen-bond acceptors (Lipinski definition) is 2. The largest absolute Gasteiger partial charge is 0.465 e. The van der Waals surface area contributed by atoms with Crippen molar-refractivity contribution >= 4 is 17.6 Å². The Morgan fingerprint density at radius 1 is 1.58 bits per heavy atom. The molecule has 64 valence electrons. The summed E-state index contributed by atoms with van der Waals surface area (Å²) in [5, 5.41) is 0. The number of alkyl halides is 1. The van der Waals surface area contributed by atoms with E-state index in [-0.39, 0.29) is 5.97 Å². The summed E-state index contributed by atoms with van der Waals surface area (Å²) in [6, 6.07) is 7.06. The van der Waals surface area contributed by atoms with E-state index < -0.39 is 0 Å². The minimum Gasteiger partial charge on any atom is -0.465 e. The molecule has 0 heterocycles. The van der Waals surface area contributed by atoms with Crippen LogP contribution in [0, 0.1) is 0 Å². The smallest absolute Gasteiger partial charge is 0.337 e.